The molecule has 22 heavy (non-hydrogen) atoms. The monoisotopic (exact) mass is 341 g/mol. The first-order valence-corrected chi connectivity index (χ1v) is 7.80. The van der Waals surface area contributed by atoms with Crippen molar-refractivity contribution in [2.45, 2.75) is 25.8 Å². The van der Waals surface area contributed by atoms with Crippen LogP contribution in [0.5, 0.6) is 0 Å². The Morgan fingerprint density at radius 2 is 2.14 bits per heavy atom. The Labute approximate surface area is 139 Å². The highest BCUT2D eigenvalue weighted by atomic mass is 35.5. The second-order valence-corrected chi connectivity index (χ2v) is 6.14. The van der Waals surface area contributed by atoms with Crippen LogP contribution < -0.4 is 5.32 Å². The van der Waals surface area contributed by atoms with Gasteiger partial charge in [0.1, 0.15) is 0 Å². The molecule has 1 atom stereocenters. The van der Waals surface area contributed by atoms with Crippen LogP contribution in [0.3, 0.4) is 0 Å². The van der Waals surface area contributed by atoms with Crippen molar-refractivity contribution >= 4 is 41.2 Å². The third kappa shape index (κ3) is 5.35. The van der Waals surface area contributed by atoms with Crippen LogP contribution in [0, 0.1) is 5.92 Å². The number of amides is 1. The zero-order valence-corrected chi connectivity index (χ0v) is 13.7. The van der Waals surface area contributed by atoms with Gasteiger partial charge in [0.15, 0.2) is 6.61 Å². The third-order valence-corrected chi connectivity index (χ3v) is 3.99. The second-order valence-electron chi connectivity index (χ2n) is 5.30. The van der Waals surface area contributed by atoms with Crippen LogP contribution in [0.2, 0.25) is 10.0 Å². The molecule has 0 saturated heterocycles. The Hall–Kier alpha value is -1.52. The molecule has 1 saturated carbocycles. The van der Waals surface area contributed by atoms with Crippen molar-refractivity contribution in [2.75, 3.05) is 6.61 Å². The Balaban J connectivity index is 1.77. The summed E-state index contributed by atoms with van der Waals surface area (Å²) < 4.78 is 4.88. The van der Waals surface area contributed by atoms with E-state index in [0.29, 0.717) is 21.5 Å². The van der Waals surface area contributed by atoms with E-state index in [9.17, 15) is 9.59 Å². The molecule has 1 amide bonds. The summed E-state index contributed by atoms with van der Waals surface area (Å²) in [5, 5.41) is 3.77. The molecule has 0 heterocycles. The molecule has 118 valence electrons. The number of ether oxygens (including phenoxy) is 1. The summed E-state index contributed by atoms with van der Waals surface area (Å²) in [5.74, 6) is -0.322. The Bertz CT molecular complexity index is 597. The fourth-order valence-electron chi connectivity index (χ4n) is 1.99. The summed E-state index contributed by atoms with van der Waals surface area (Å²) in [6.45, 7) is 1.68. The molecule has 4 nitrogen and oxygen atoms in total. The first kappa shape index (κ1) is 16.8. The maximum atomic E-state index is 11.6. The number of carbonyl (C=O) groups is 2. The average Bonchev–Trinajstić information content (AvgIpc) is 3.28. The predicted molar refractivity (Wildman–Crippen MR) is 86.8 cm³/mol. The van der Waals surface area contributed by atoms with E-state index in [2.05, 4.69) is 5.32 Å². The van der Waals surface area contributed by atoms with Crippen LogP contribution in [0.25, 0.3) is 6.08 Å². The van der Waals surface area contributed by atoms with Crippen molar-refractivity contribution < 1.29 is 14.3 Å². The third-order valence-electron chi connectivity index (χ3n) is 3.42. The number of rotatable bonds is 6. The molecule has 0 radical (unpaired) electrons. The van der Waals surface area contributed by atoms with E-state index in [4.69, 9.17) is 27.9 Å². The van der Waals surface area contributed by atoms with E-state index in [0.717, 1.165) is 12.8 Å². The number of hydrogen-bond donors (Lipinski definition) is 1. The number of benzene rings is 1. The number of hydrogen-bond acceptors (Lipinski definition) is 3. The Morgan fingerprint density at radius 1 is 1.41 bits per heavy atom. The van der Waals surface area contributed by atoms with Gasteiger partial charge >= 0.3 is 5.97 Å². The van der Waals surface area contributed by atoms with Crippen LogP contribution >= 0.6 is 23.2 Å². The molecule has 1 aromatic rings. The average molecular weight is 342 g/mol. The summed E-state index contributed by atoms with van der Waals surface area (Å²) in [5.41, 5.74) is 0.648. The van der Waals surface area contributed by atoms with Crippen LogP contribution in [0.4, 0.5) is 0 Å². The van der Waals surface area contributed by atoms with Crippen LogP contribution in [0.1, 0.15) is 25.3 Å². The lowest BCUT2D eigenvalue weighted by atomic mass is 10.2. The SMILES string of the molecule is C[C@@H](NC(=O)COC(=O)/C=C/c1ccc(Cl)cc1Cl)C1CC1. The molecule has 0 spiro atoms. The lowest BCUT2D eigenvalue weighted by Gasteiger charge is -2.12. The van der Waals surface area contributed by atoms with E-state index in [1.165, 1.54) is 12.2 Å². The highest BCUT2D eigenvalue weighted by molar-refractivity contribution is 6.35. The molecule has 0 aliphatic heterocycles. The molecule has 2 rings (SSSR count). The van der Waals surface area contributed by atoms with Gasteiger partial charge in [-0.05, 0) is 49.5 Å². The first-order valence-electron chi connectivity index (χ1n) is 7.05. The molecule has 0 aromatic heterocycles. The summed E-state index contributed by atoms with van der Waals surface area (Å²) in [6.07, 6.45) is 5.04. The molecule has 0 unspecified atom stereocenters. The van der Waals surface area contributed by atoms with Crippen LogP contribution in [0.15, 0.2) is 24.3 Å². The second kappa shape index (κ2) is 7.65. The standard InChI is InChI=1S/C16H17Cl2NO3/c1-10(11-2-3-11)19-15(20)9-22-16(21)7-5-12-4-6-13(17)8-14(12)18/h4-8,10-11H,2-3,9H2,1H3,(H,19,20)/b7-5+/t10-/m1/s1. The molecule has 1 fully saturated rings. The molecule has 1 aliphatic carbocycles. The largest absolute Gasteiger partial charge is 0.452 e. The van der Waals surface area contributed by atoms with Crippen molar-refractivity contribution in [3.05, 3.63) is 39.9 Å². The zero-order chi connectivity index (χ0) is 16.1. The smallest absolute Gasteiger partial charge is 0.331 e. The summed E-state index contributed by atoms with van der Waals surface area (Å²) in [7, 11) is 0. The van der Waals surface area contributed by atoms with Gasteiger partial charge in [-0.1, -0.05) is 29.3 Å². The first-order chi connectivity index (χ1) is 10.5. The lowest BCUT2D eigenvalue weighted by molar-refractivity contribution is -0.144. The number of halogens is 2. The van der Waals surface area contributed by atoms with E-state index >= 15 is 0 Å². The maximum Gasteiger partial charge on any atom is 0.331 e. The van der Waals surface area contributed by atoms with E-state index in [-0.39, 0.29) is 18.6 Å². The van der Waals surface area contributed by atoms with Crippen LogP contribution in [-0.2, 0) is 14.3 Å². The van der Waals surface area contributed by atoms with Gasteiger partial charge in [0, 0.05) is 22.2 Å². The molecular formula is C16H17Cl2NO3. The van der Waals surface area contributed by atoms with Crippen molar-refractivity contribution in [1.82, 2.24) is 5.32 Å². The van der Waals surface area contributed by atoms with Gasteiger partial charge in [0.2, 0.25) is 0 Å². The predicted octanol–water partition coefficient (Wildman–Crippen LogP) is 3.46. The summed E-state index contributed by atoms with van der Waals surface area (Å²) in [6, 6.07) is 5.08. The fraction of sp³-hybridized carbons (Fsp3) is 0.375. The highest BCUT2D eigenvalue weighted by Crippen LogP contribution is 2.32. The van der Waals surface area contributed by atoms with Gasteiger partial charge in [0.05, 0.1) is 0 Å². The summed E-state index contributed by atoms with van der Waals surface area (Å²) in [4.78, 5) is 23.2. The normalized spacial score (nSPS) is 15.6. The number of esters is 1. The van der Waals surface area contributed by atoms with Crippen molar-refractivity contribution in [3.63, 3.8) is 0 Å². The van der Waals surface area contributed by atoms with E-state index in [1.54, 1.807) is 18.2 Å². The highest BCUT2D eigenvalue weighted by Gasteiger charge is 2.28. The molecule has 0 bridgehead atoms. The van der Waals surface area contributed by atoms with Crippen LogP contribution in [-0.4, -0.2) is 24.5 Å². The number of nitrogens with one attached hydrogen (secondary N) is 1. The van der Waals surface area contributed by atoms with Crippen molar-refractivity contribution in [3.8, 4) is 0 Å². The van der Waals surface area contributed by atoms with Gasteiger partial charge in [-0.15, -0.1) is 0 Å². The Kier molecular flexibility index (Phi) is 5.86. The number of carbonyl (C=O) groups excluding carboxylic acids is 2. The van der Waals surface area contributed by atoms with Crippen molar-refractivity contribution in [1.29, 1.82) is 0 Å². The van der Waals surface area contributed by atoms with Gasteiger partial charge in [-0.2, -0.15) is 0 Å². The van der Waals surface area contributed by atoms with Gasteiger partial charge in [0.25, 0.3) is 5.91 Å². The van der Waals surface area contributed by atoms with Crippen molar-refractivity contribution in [2.24, 2.45) is 5.92 Å². The fourth-order valence-corrected chi connectivity index (χ4v) is 2.46. The van der Waals surface area contributed by atoms with Gasteiger partial charge < -0.3 is 10.1 Å². The Morgan fingerprint density at radius 3 is 2.77 bits per heavy atom. The molecule has 1 aromatic carbocycles. The maximum absolute atomic E-state index is 11.6. The minimum Gasteiger partial charge on any atom is -0.452 e. The topological polar surface area (TPSA) is 55.4 Å². The molecule has 6 heteroatoms. The molecule has 1 N–H and O–H groups in total. The summed E-state index contributed by atoms with van der Waals surface area (Å²) >= 11 is 11.8. The lowest BCUT2D eigenvalue weighted by Crippen LogP contribution is -2.36. The van der Waals surface area contributed by atoms with Gasteiger partial charge in [-0.3, -0.25) is 4.79 Å². The minimum atomic E-state index is -0.597. The van der Waals surface area contributed by atoms with Gasteiger partial charge in [-0.25, -0.2) is 4.79 Å². The molecule has 1 aliphatic rings. The molecular weight excluding hydrogens is 325 g/mol. The quantitative estimate of drug-likeness (QED) is 0.636. The minimum absolute atomic E-state index is 0.134. The van der Waals surface area contributed by atoms with E-state index < -0.39 is 5.97 Å². The van der Waals surface area contributed by atoms with E-state index in [1.807, 2.05) is 6.92 Å². The zero-order valence-electron chi connectivity index (χ0n) is 12.1.